The van der Waals surface area contributed by atoms with Gasteiger partial charge in [-0.3, -0.25) is 0 Å². The summed E-state index contributed by atoms with van der Waals surface area (Å²) in [4.78, 5) is 0. The molecule has 0 aromatic heterocycles. The van der Waals surface area contributed by atoms with Gasteiger partial charge in [-0.05, 0) is 0 Å². The molecule has 0 aliphatic heterocycles. The van der Waals surface area contributed by atoms with Gasteiger partial charge in [0.25, 0.3) is 0 Å². The molecule has 0 amide bonds. The molecule has 2 rings (SSSR count). The van der Waals surface area contributed by atoms with Gasteiger partial charge in [0.05, 0.1) is 0 Å². The molecule has 0 saturated carbocycles. The first-order chi connectivity index (χ1) is 8.09. The Bertz CT molecular complexity index is 386. The third-order valence-electron chi connectivity index (χ3n) is 3.34. The molecule has 0 N–H and O–H groups in total. The fourth-order valence-electron chi connectivity index (χ4n) is 2.39. The molecule has 0 nitrogen and oxygen atoms in total. The van der Waals surface area contributed by atoms with E-state index in [9.17, 15) is 0 Å². The number of hydrogen-bond acceptors (Lipinski definition) is 0. The average Bonchev–Trinajstić information content (AvgIpc) is 2.86. The van der Waals surface area contributed by atoms with Crippen LogP contribution < -0.4 is 0 Å². The summed E-state index contributed by atoms with van der Waals surface area (Å²) in [6.07, 6.45) is 12.0. The molecule has 0 radical (unpaired) electrons. The summed E-state index contributed by atoms with van der Waals surface area (Å²) < 4.78 is 3.63. The fraction of sp³-hybridized carbons (Fsp3) is 0.500. The quantitative estimate of drug-likeness (QED) is 0.621. The summed E-state index contributed by atoms with van der Waals surface area (Å²) in [5.74, 6) is 1.42. The molecule has 0 atom stereocenters. The van der Waals surface area contributed by atoms with Crippen molar-refractivity contribution < 1.29 is 21.4 Å². The van der Waals surface area contributed by atoms with Gasteiger partial charge in [-0.2, -0.15) is 0 Å². The van der Waals surface area contributed by atoms with Crippen molar-refractivity contribution in [3.8, 4) is 0 Å². The summed E-state index contributed by atoms with van der Waals surface area (Å²) in [5, 5.41) is 0. The van der Waals surface area contributed by atoms with E-state index in [4.69, 9.17) is 0 Å². The zero-order valence-electron chi connectivity index (χ0n) is 13.3. The van der Waals surface area contributed by atoms with Gasteiger partial charge in [0.15, 0.2) is 0 Å². The molecule has 2 aliphatic carbocycles. The van der Waals surface area contributed by atoms with Crippen molar-refractivity contribution in [1.29, 1.82) is 0 Å². The Morgan fingerprint density at radius 2 is 1.29 bits per heavy atom. The second-order valence-corrected chi connectivity index (χ2v) is 9.66. The maximum absolute atomic E-state index is 2.37. The van der Waals surface area contributed by atoms with Crippen LogP contribution in [0.25, 0.3) is 0 Å². The van der Waals surface area contributed by atoms with E-state index in [1.165, 1.54) is 12.8 Å². The van der Waals surface area contributed by atoms with E-state index >= 15 is 0 Å². The number of hydrogen-bond donors (Lipinski definition) is 0. The van der Waals surface area contributed by atoms with Crippen LogP contribution in [0.2, 0.25) is 0 Å². The van der Waals surface area contributed by atoms with E-state index in [1.807, 2.05) is 7.93 Å². The summed E-state index contributed by atoms with van der Waals surface area (Å²) >= 11 is -0.458. The van der Waals surface area contributed by atoms with Crippen LogP contribution in [0, 0.1) is 11.8 Å². The summed E-state index contributed by atoms with van der Waals surface area (Å²) in [5.41, 5.74) is 3.30. The molecule has 94 valence electrons. The van der Waals surface area contributed by atoms with Gasteiger partial charge in [0.1, 0.15) is 0 Å². The van der Waals surface area contributed by atoms with E-state index in [-0.39, 0.29) is 2.85 Å². The molecule has 0 aromatic rings. The molecular formula is C16H24W. The Morgan fingerprint density at radius 1 is 0.882 bits per heavy atom. The van der Waals surface area contributed by atoms with Gasteiger partial charge < -0.3 is 2.85 Å². The van der Waals surface area contributed by atoms with Crippen LogP contribution in [-0.4, -0.2) is 0 Å². The Kier molecular flexibility index (Phi) is 4.26. The van der Waals surface area contributed by atoms with Crippen molar-refractivity contribution in [1.82, 2.24) is 0 Å². The second-order valence-electron chi connectivity index (χ2n) is 5.38. The van der Waals surface area contributed by atoms with E-state index in [1.54, 1.807) is 11.1 Å². The smallest absolute Gasteiger partial charge is 1.00 e. The van der Waals surface area contributed by atoms with E-state index in [2.05, 4.69) is 52.0 Å². The van der Waals surface area contributed by atoms with Crippen LogP contribution in [0.4, 0.5) is 0 Å². The first-order valence-electron chi connectivity index (χ1n) is 6.56. The third kappa shape index (κ3) is 2.91. The maximum atomic E-state index is 2.37. The minimum atomic E-state index is -0.458. The molecule has 2 aliphatic rings. The minimum absolute atomic E-state index is 0. The van der Waals surface area contributed by atoms with Gasteiger partial charge >= 0.3 is 114 Å². The zero-order valence-corrected chi connectivity index (χ0v) is 14.2. The van der Waals surface area contributed by atoms with Crippen molar-refractivity contribution >= 4 is 0 Å². The predicted molar refractivity (Wildman–Crippen MR) is 73.5 cm³/mol. The molecule has 0 aromatic carbocycles. The number of rotatable bonds is 4. The van der Waals surface area contributed by atoms with Crippen LogP contribution in [-0.2, 0) is 18.6 Å². The van der Waals surface area contributed by atoms with Crippen LogP contribution in [0.3, 0.4) is 0 Å². The van der Waals surface area contributed by atoms with E-state index in [0.717, 1.165) is 0 Å². The summed E-state index contributed by atoms with van der Waals surface area (Å²) in [6, 6.07) is 0. The fourth-order valence-corrected chi connectivity index (χ4v) is 7.77. The van der Waals surface area contributed by atoms with Crippen LogP contribution in [0.1, 0.15) is 43.4 Å². The van der Waals surface area contributed by atoms with Gasteiger partial charge in [-0.1, -0.05) is 0 Å². The van der Waals surface area contributed by atoms with Gasteiger partial charge in [0.2, 0.25) is 0 Å². The first-order valence-corrected chi connectivity index (χ1v) is 9.50. The molecule has 1 heteroatoms. The normalized spacial score (nSPS) is 19.4. The van der Waals surface area contributed by atoms with Crippen molar-refractivity contribution in [2.24, 2.45) is 11.8 Å². The first kappa shape index (κ1) is 13.1. The van der Waals surface area contributed by atoms with Crippen LogP contribution >= 0.6 is 0 Å². The zero-order chi connectivity index (χ0) is 12.4. The van der Waals surface area contributed by atoms with Crippen molar-refractivity contribution in [2.45, 2.75) is 40.5 Å². The van der Waals surface area contributed by atoms with Crippen molar-refractivity contribution in [3.63, 3.8) is 0 Å². The molecular weight excluding hydrogens is 376 g/mol. The predicted octanol–water partition coefficient (Wildman–Crippen LogP) is 5.03. The molecule has 17 heavy (non-hydrogen) atoms. The molecule has 0 bridgehead atoms. The Morgan fingerprint density at radius 3 is 1.65 bits per heavy atom. The van der Waals surface area contributed by atoms with E-state index < -0.39 is 18.6 Å². The number of allylic oxidation sites excluding steroid dienone is 8. The molecule has 0 saturated heterocycles. The summed E-state index contributed by atoms with van der Waals surface area (Å²) in [7, 11) is 0. The Labute approximate surface area is 117 Å². The Balaban J connectivity index is 0.00000162. The largest absolute Gasteiger partial charge is 1.00 e. The summed E-state index contributed by atoms with van der Waals surface area (Å²) in [6.45, 7) is 9.31. The Hall–Kier alpha value is -0.352. The average molecular weight is 400 g/mol. The third-order valence-corrected chi connectivity index (χ3v) is 8.00. The van der Waals surface area contributed by atoms with Gasteiger partial charge in [-0.15, -0.1) is 0 Å². The van der Waals surface area contributed by atoms with Crippen LogP contribution in [0.15, 0.2) is 43.4 Å². The van der Waals surface area contributed by atoms with Crippen molar-refractivity contribution in [3.05, 3.63) is 43.4 Å². The molecule has 0 spiro atoms. The second kappa shape index (κ2) is 5.53. The molecule has 0 heterocycles. The monoisotopic (exact) mass is 400 g/mol. The molecule has 0 unspecified atom stereocenters. The minimum Gasteiger partial charge on any atom is -1.00 e. The van der Waals surface area contributed by atoms with E-state index in [0.29, 0.717) is 11.8 Å². The maximum Gasteiger partial charge on any atom is -1.00 e. The van der Waals surface area contributed by atoms with Crippen LogP contribution in [0.5, 0.6) is 0 Å². The molecule has 0 fully saturated rings. The van der Waals surface area contributed by atoms with Crippen molar-refractivity contribution in [2.75, 3.05) is 0 Å². The standard InChI is InChI=1S/2C8H11.W.2H/c2*1-7(2)8-5-3-4-6-8;;;/h2*3,5,7H,4H2,1-2H3;;;/q;;+2;2*-1. The van der Waals surface area contributed by atoms with Gasteiger partial charge in [0, 0.05) is 0 Å². The van der Waals surface area contributed by atoms with Gasteiger partial charge in [-0.25, -0.2) is 0 Å². The topological polar surface area (TPSA) is 0 Å². The SMILES string of the molecule is CC(C)C1=[C]([W+2][C]2=C(C(C)C)C=CC2)CC=C1.[H-].[H-].